The van der Waals surface area contributed by atoms with E-state index in [0.29, 0.717) is 23.1 Å². The molecule has 2 heterocycles. The Kier molecular flexibility index (Phi) is 3.77. The number of aromatic nitrogens is 1. The average molecular weight is 329 g/mol. The van der Waals surface area contributed by atoms with Crippen LogP contribution in [0.15, 0.2) is 30.5 Å². The highest BCUT2D eigenvalue weighted by atomic mass is 32.2. The molecular formula is C17H19N3O2S. The first-order chi connectivity index (χ1) is 11.2. The Bertz CT molecular complexity index is 753. The van der Waals surface area contributed by atoms with Crippen LogP contribution in [0.1, 0.15) is 23.2 Å². The van der Waals surface area contributed by atoms with Gasteiger partial charge in [-0.2, -0.15) is 0 Å². The Morgan fingerprint density at radius 2 is 2.13 bits per heavy atom. The molecular weight excluding hydrogens is 310 g/mol. The van der Waals surface area contributed by atoms with Gasteiger partial charge in [-0.3, -0.25) is 9.59 Å². The highest BCUT2D eigenvalue weighted by Gasteiger charge is 2.36. The first-order valence-electron chi connectivity index (χ1n) is 7.96. The minimum absolute atomic E-state index is 0.0184. The zero-order chi connectivity index (χ0) is 15.8. The van der Waals surface area contributed by atoms with E-state index in [0.717, 1.165) is 17.4 Å². The summed E-state index contributed by atoms with van der Waals surface area (Å²) in [6, 6.07) is 7.38. The first kappa shape index (κ1) is 14.6. The molecule has 0 spiro atoms. The van der Waals surface area contributed by atoms with Crippen molar-refractivity contribution >= 4 is 34.5 Å². The molecule has 6 heteroatoms. The van der Waals surface area contributed by atoms with Gasteiger partial charge in [0.25, 0.3) is 5.91 Å². The van der Waals surface area contributed by atoms with Gasteiger partial charge in [0.2, 0.25) is 5.91 Å². The molecule has 1 aliphatic carbocycles. The number of hydrogen-bond donors (Lipinski definition) is 2. The molecule has 23 heavy (non-hydrogen) atoms. The van der Waals surface area contributed by atoms with E-state index in [1.165, 1.54) is 12.8 Å². The molecule has 5 nitrogen and oxygen atoms in total. The van der Waals surface area contributed by atoms with E-state index in [-0.39, 0.29) is 17.9 Å². The van der Waals surface area contributed by atoms with Crippen molar-refractivity contribution < 1.29 is 9.59 Å². The number of benzene rings is 1. The minimum Gasteiger partial charge on any atom is -0.360 e. The van der Waals surface area contributed by atoms with Crippen molar-refractivity contribution in [3.05, 3.63) is 36.0 Å². The maximum absolute atomic E-state index is 12.9. The Labute approximate surface area is 138 Å². The van der Waals surface area contributed by atoms with E-state index >= 15 is 0 Å². The van der Waals surface area contributed by atoms with Gasteiger partial charge >= 0.3 is 0 Å². The van der Waals surface area contributed by atoms with Gasteiger partial charge in [0.05, 0.1) is 11.4 Å². The second-order valence-corrected chi connectivity index (χ2v) is 7.23. The lowest BCUT2D eigenvalue weighted by Crippen LogP contribution is -2.47. The van der Waals surface area contributed by atoms with Crippen LogP contribution in [0.5, 0.6) is 0 Å². The third-order valence-electron chi connectivity index (χ3n) is 4.53. The van der Waals surface area contributed by atoms with Crippen molar-refractivity contribution in [2.45, 2.75) is 18.9 Å². The van der Waals surface area contributed by atoms with Crippen LogP contribution < -0.4 is 5.32 Å². The predicted molar refractivity (Wildman–Crippen MR) is 91.3 cm³/mol. The van der Waals surface area contributed by atoms with E-state index in [1.807, 2.05) is 24.3 Å². The van der Waals surface area contributed by atoms with Crippen LogP contribution in [0.2, 0.25) is 0 Å². The van der Waals surface area contributed by atoms with Crippen molar-refractivity contribution in [1.29, 1.82) is 0 Å². The zero-order valence-corrected chi connectivity index (χ0v) is 13.6. The van der Waals surface area contributed by atoms with Gasteiger partial charge in [0, 0.05) is 29.4 Å². The van der Waals surface area contributed by atoms with E-state index in [4.69, 9.17) is 0 Å². The van der Waals surface area contributed by atoms with Gasteiger partial charge in [0.15, 0.2) is 0 Å². The monoisotopic (exact) mass is 329 g/mol. The molecule has 1 aliphatic heterocycles. The lowest BCUT2D eigenvalue weighted by atomic mass is 10.1. The molecule has 2 aliphatic rings. The van der Waals surface area contributed by atoms with E-state index in [1.54, 1.807) is 22.9 Å². The Morgan fingerprint density at radius 1 is 1.30 bits per heavy atom. The largest absolute Gasteiger partial charge is 0.360 e. The van der Waals surface area contributed by atoms with Gasteiger partial charge in [-0.1, -0.05) is 18.2 Å². The fraction of sp³-hybridized carbons (Fsp3) is 0.412. The smallest absolute Gasteiger partial charge is 0.257 e. The Morgan fingerprint density at radius 3 is 2.96 bits per heavy atom. The molecule has 2 fully saturated rings. The highest BCUT2D eigenvalue weighted by molar-refractivity contribution is 7.99. The number of thioether (sulfide) groups is 1. The quantitative estimate of drug-likeness (QED) is 0.904. The molecule has 1 saturated heterocycles. The molecule has 120 valence electrons. The number of carbonyl (C=O) groups excluding carboxylic acids is 2. The van der Waals surface area contributed by atoms with Gasteiger partial charge < -0.3 is 15.2 Å². The van der Waals surface area contributed by atoms with Crippen LogP contribution in [-0.2, 0) is 4.79 Å². The molecule has 4 rings (SSSR count). The van der Waals surface area contributed by atoms with E-state index in [2.05, 4.69) is 10.3 Å². The number of aromatic amines is 1. The summed E-state index contributed by atoms with van der Waals surface area (Å²) in [5.41, 5.74) is 1.58. The fourth-order valence-corrected chi connectivity index (χ4v) is 4.10. The third kappa shape index (κ3) is 2.83. The number of para-hydroxylation sites is 1. The van der Waals surface area contributed by atoms with Crippen LogP contribution in [-0.4, -0.2) is 45.9 Å². The maximum Gasteiger partial charge on any atom is 0.257 e. The summed E-state index contributed by atoms with van der Waals surface area (Å²) in [5.74, 6) is 1.80. The maximum atomic E-state index is 12.9. The molecule has 2 aromatic rings. The van der Waals surface area contributed by atoms with Crippen LogP contribution in [0.4, 0.5) is 0 Å². The number of nitrogens with one attached hydrogen (secondary N) is 2. The lowest BCUT2D eigenvalue weighted by molar-refractivity contribution is -0.124. The van der Waals surface area contributed by atoms with Crippen LogP contribution in [0.25, 0.3) is 10.9 Å². The lowest BCUT2D eigenvalue weighted by Gasteiger charge is -2.23. The molecule has 2 amide bonds. The number of hydrogen-bond acceptors (Lipinski definition) is 3. The first-order valence-corrected chi connectivity index (χ1v) is 9.12. The van der Waals surface area contributed by atoms with Crippen molar-refractivity contribution in [3.63, 3.8) is 0 Å². The van der Waals surface area contributed by atoms with Crippen LogP contribution in [0.3, 0.4) is 0 Å². The second-order valence-electron chi connectivity index (χ2n) is 6.23. The molecule has 1 saturated carbocycles. The number of carbonyl (C=O) groups is 2. The van der Waals surface area contributed by atoms with Crippen molar-refractivity contribution in [3.8, 4) is 0 Å². The van der Waals surface area contributed by atoms with Crippen molar-refractivity contribution in [2.75, 3.05) is 18.2 Å². The van der Waals surface area contributed by atoms with Gasteiger partial charge in [-0.15, -0.1) is 11.8 Å². The molecule has 0 radical (unpaired) electrons. The zero-order valence-electron chi connectivity index (χ0n) is 12.7. The number of amides is 2. The summed E-state index contributed by atoms with van der Waals surface area (Å²) in [5, 5.41) is 3.91. The summed E-state index contributed by atoms with van der Waals surface area (Å²) in [4.78, 5) is 30.1. The summed E-state index contributed by atoms with van der Waals surface area (Å²) in [6.45, 7) is 0.745. The fourth-order valence-electron chi connectivity index (χ4n) is 2.95. The van der Waals surface area contributed by atoms with Gasteiger partial charge in [0.1, 0.15) is 6.04 Å². The average Bonchev–Trinajstić information content (AvgIpc) is 3.11. The molecule has 2 N–H and O–H groups in total. The summed E-state index contributed by atoms with van der Waals surface area (Å²) < 4.78 is 0. The Hall–Kier alpha value is -1.95. The van der Waals surface area contributed by atoms with Crippen molar-refractivity contribution in [1.82, 2.24) is 15.2 Å². The third-order valence-corrected chi connectivity index (χ3v) is 5.54. The molecule has 1 aromatic carbocycles. The number of nitrogens with zero attached hydrogens (tertiary/aromatic N) is 1. The molecule has 0 unspecified atom stereocenters. The predicted octanol–water partition coefficient (Wildman–Crippen LogP) is 2.21. The SMILES string of the molecule is O=C(NCC1CC1)[C@@H]1CSCN1C(=O)c1c[nH]c2ccccc12. The second kappa shape index (κ2) is 5.92. The van der Waals surface area contributed by atoms with Gasteiger partial charge in [-0.25, -0.2) is 0 Å². The Balaban J connectivity index is 1.53. The van der Waals surface area contributed by atoms with E-state index in [9.17, 15) is 9.59 Å². The molecule has 0 bridgehead atoms. The topological polar surface area (TPSA) is 65.2 Å². The number of H-pyrrole nitrogens is 1. The standard InChI is InChI=1S/C17H19N3O2S/c21-16(19-7-11-5-6-11)15-9-23-10-20(15)17(22)13-8-18-14-4-2-1-3-12(13)14/h1-4,8,11,15,18H,5-7,9-10H2,(H,19,21)/t15-/m0/s1. The van der Waals surface area contributed by atoms with Crippen LogP contribution in [0, 0.1) is 5.92 Å². The summed E-state index contributed by atoms with van der Waals surface area (Å²) in [6.07, 6.45) is 4.16. The minimum atomic E-state index is -0.361. The molecule has 1 aromatic heterocycles. The van der Waals surface area contributed by atoms with E-state index < -0.39 is 0 Å². The number of fused-ring (bicyclic) bond motifs is 1. The van der Waals surface area contributed by atoms with Crippen LogP contribution >= 0.6 is 11.8 Å². The van der Waals surface area contributed by atoms with Crippen molar-refractivity contribution in [2.24, 2.45) is 5.92 Å². The molecule has 1 atom stereocenters. The van der Waals surface area contributed by atoms with Gasteiger partial charge in [-0.05, 0) is 24.8 Å². The number of rotatable bonds is 4. The summed E-state index contributed by atoms with van der Waals surface area (Å²) >= 11 is 1.63. The summed E-state index contributed by atoms with van der Waals surface area (Å²) in [7, 11) is 0. The normalized spacial score (nSPS) is 20.9. The highest BCUT2D eigenvalue weighted by Crippen LogP contribution is 2.29.